The molecule has 176 valence electrons. The molecule has 0 aliphatic heterocycles. The number of hydrogen-bond donors (Lipinski definition) is 1. The summed E-state index contributed by atoms with van der Waals surface area (Å²) in [6.45, 7) is 8.63. The Morgan fingerprint density at radius 2 is 2.00 bits per heavy atom. The van der Waals surface area contributed by atoms with Crippen molar-refractivity contribution in [2.45, 2.75) is 40.8 Å². The molecule has 0 unspecified atom stereocenters. The summed E-state index contributed by atoms with van der Waals surface area (Å²) in [5, 5.41) is 9.79. The van der Waals surface area contributed by atoms with E-state index in [9.17, 15) is 19.6 Å². The van der Waals surface area contributed by atoms with Crippen molar-refractivity contribution in [3.05, 3.63) is 68.5 Å². The van der Waals surface area contributed by atoms with Gasteiger partial charge in [0.2, 0.25) is 0 Å². The Morgan fingerprint density at radius 1 is 1.26 bits per heavy atom. The number of ether oxygens (including phenoxy) is 2. The van der Waals surface area contributed by atoms with Crippen molar-refractivity contribution >= 4 is 28.9 Å². The maximum atomic E-state index is 12.6. The van der Waals surface area contributed by atoms with Crippen LogP contribution in [0.4, 0.5) is 0 Å². The summed E-state index contributed by atoms with van der Waals surface area (Å²) in [5.74, 6) is -0.863. The second-order valence-electron chi connectivity index (χ2n) is 8.31. The lowest BCUT2D eigenvalue weighted by atomic mass is 10.1. The van der Waals surface area contributed by atoms with Gasteiger partial charge in [-0.1, -0.05) is 13.8 Å². The molecule has 34 heavy (non-hydrogen) atoms. The maximum absolute atomic E-state index is 12.6. The fraction of sp³-hybridized carbons (Fsp3) is 0.320. The van der Waals surface area contributed by atoms with Crippen LogP contribution in [-0.4, -0.2) is 33.6 Å². The minimum absolute atomic E-state index is 0.0836. The number of esters is 2. The van der Waals surface area contributed by atoms with E-state index in [-0.39, 0.29) is 34.5 Å². The third-order valence-corrected chi connectivity index (χ3v) is 5.32. The highest BCUT2D eigenvalue weighted by Crippen LogP contribution is 2.20. The average molecular weight is 463 g/mol. The van der Waals surface area contributed by atoms with E-state index >= 15 is 0 Å². The predicted octanol–water partition coefficient (Wildman–Crippen LogP) is 3.43. The van der Waals surface area contributed by atoms with Crippen LogP contribution in [0.5, 0.6) is 0 Å². The summed E-state index contributed by atoms with van der Waals surface area (Å²) in [5.41, 5.74) is 2.63. The molecule has 0 saturated carbocycles. The van der Waals surface area contributed by atoms with Crippen LogP contribution in [-0.2, 0) is 27.4 Å². The first-order chi connectivity index (χ1) is 16.1. The predicted molar refractivity (Wildman–Crippen MR) is 126 cm³/mol. The number of aryl methyl sites for hydroxylation is 1. The minimum Gasteiger partial charge on any atom is -0.465 e. The van der Waals surface area contributed by atoms with Crippen molar-refractivity contribution in [1.82, 2.24) is 14.5 Å². The number of hydrogen-bond acceptors (Lipinski definition) is 7. The van der Waals surface area contributed by atoms with Gasteiger partial charge >= 0.3 is 11.9 Å². The SMILES string of the molecule is COC(=O)c1ccc2c(=O)[nH]c(COC(=O)C(C#N)=Cc3cc(C)n(CC(C)C)c3C)nc2c1. The molecule has 0 aliphatic rings. The summed E-state index contributed by atoms with van der Waals surface area (Å²) in [4.78, 5) is 43.5. The quantitative estimate of drug-likeness (QED) is 0.324. The minimum atomic E-state index is -0.831. The second-order valence-corrected chi connectivity index (χ2v) is 8.31. The molecule has 0 bridgehead atoms. The molecular formula is C25H26N4O5. The fourth-order valence-corrected chi connectivity index (χ4v) is 3.63. The molecule has 9 nitrogen and oxygen atoms in total. The molecule has 1 aromatic carbocycles. The number of carbonyl (C=O) groups is 2. The zero-order valence-corrected chi connectivity index (χ0v) is 19.8. The van der Waals surface area contributed by atoms with Crippen molar-refractivity contribution in [1.29, 1.82) is 5.26 Å². The largest absolute Gasteiger partial charge is 0.465 e. The van der Waals surface area contributed by atoms with Gasteiger partial charge in [-0.3, -0.25) is 4.79 Å². The molecule has 2 heterocycles. The molecule has 3 rings (SSSR count). The molecule has 0 fully saturated rings. The van der Waals surface area contributed by atoms with Crippen molar-refractivity contribution in [3.63, 3.8) is 0 Å². The van der Waals surface area contributed by atoms with Gasteiger partial charge in [-0.15, -0.1) is 0 Å². The number of aromatic amines is 1. The number of methoxy groups -OCH3 is 1. The topological polar surface area (TPSA) is 127 Å². The summed E-state index contributed by atoms with van der Waals surface area (Å²) < 4.78 is 12.1. The van der Waals surface area contributed by atoms with Crippen molar-refractivity contribution in [3.8, 4) is 6.07 Å². The van der Waals surface area contributed by atoms with Gasteiger partial charge in [0.05, 0.1) is 23.6 Å². The number of nitriles is 1. The lowest BCUT2D eigenvalue weighted by molar-refractivity contribution is -0.139. The second kappa shape index (κ2) is 10.2. The van der Waals surface area contributed by atoms with Crippen LogP contribution >= 0.6 is 0 Å². The lowest BCUT2D eigenvalue weighted by Crippen LogP contribution is -2.15. The number of nitrogens with zero attached hydrogens (tertiary/aromatic N) is 3. The van der Waals surface area contributed by atoms with Gasteiger partial charge < -0.3 is 19.0 Å². The molecule has 0 amide bonds. The summed E-state index contributed by atoms with van der Waals surface area (Å²) in [6, 6.07) is 8.16. The molecule has 0 atom stereocenters. The van der Waals surface area contributed by atoms with Gasteiger partial charge in [-0.2, -0.15) is 5.26 Å². The number of fused-ring (bicyclic) bond motifs is 1. The van der Waals surface area contributed by atoms with Gasteiger partial charge in [-0.05, 0) is 55.7 Å². The van der Waals surface area contributed by atoms with Gasteiger partial charge in [0, 0.05) is 17.9 Å². The zero-order chi connectivity index (χ0) is 25.0. The molecular weight excluding hydrogens is 436 g/mol. The Kier molecular flexibility index (Phi) is 7.31. The van der Waals surface area contributed by atoms with Crippen LogP contribution in [0.2, 0.25) is 0 Å². The van der Waals surface area contributed by atoms with E-state index in [1.807, 2.05) is 26.0 Å². The summed E-state index contributed by atoms with van der Waals surface area (Å²) in [7, 11) is 1.25. The fourth-order valence-electron chi connectivity index (χ4n) is 3.63. The van der Waals surface area contributed by atoms with Crippen LogP contribution in [0.15, 0.2) is 34.6 Å². The van der Waals surface area contributed by atoms with Gasteiger partial charge in [-0.25, -0.2) is 14.6 Å². The average Bonchev–Trinajstić information content (AvgIpc) is 3.06. The molecule has 0 saturated heterocycles. The van der Waals surface area contributed by atoms with Crippen LogP contribution < -0.4 is 5.56 Å². The Bertz CT molecular complexity index is 1390. The Morgan fingerprint density at radius 3 is 2.65 bits per heavy atom. The van der Waals surface area contributed by atoms with Gasteiger partial charge in [0.15, 0.2) is 0 Å². The van der Waals surface area contributed by atoms with Crippen LogP contribution in [0.3, 0.4) is 0 Å². The smallest absolute Gasteiger partial charge is 0.349 e. The third kappa shape index (κ3) is 5.23. The molecule has 2 aromatic heterocycles. The molecule has 0 radical (unpaired) electrons. The first-order valence-electron chi connectivity index (χ1n) is 10.7. The first-order valence-corrected chi connectivity index (χ1v) is 10.7. The lowest BCUT2D eigenvalue weighted by Gasteiger charge is -2.12. The Hall–Kier alpha value is -4.19. The Balaban J connectivity index is 1.82. The van der Waals surface area contributed by atoms with E-state index in [0.29, 0.717) is 5.92 Å². The standard InChI is InChI=1S/C25H26N4O5/c1-14(2)12-29-15(3)8-18(16(29)4)9-19(11-26)25(32)34-13-22-27-21-10-17(24(31)33-5)6-7-20(21)23(30)28-22/h6-10,14H,12-13H2,1-5H3,(H,27,28,30). The maximum Gasteiger partial charge on any atom is 0.349 e. The van der Waals surface area contributed by atoms with E-state index in [1.165, 1.54) is 31.4 Å². The first kappa shape index (κ1) is 24.5. The Labute approximate surface area is 196 Å². The van der Waals surface area contributed by atoms with Crippen molar-refractivity contribution in [2.24, 2.45) is 5.92 Å². The molecule has 3 aromatic rings. The molecule has 0 spiro atoms. The van der Waals surface area contributed by atoms with E-state index in [4.69, 9.17) is 4.74 Å². The normalized spacial score (nSPS) is 11.5. The van der Waals surface area contributed by atoms with E-state index in [2.05, 4.69) is 33.1 Å². The van der Waals surface area contributed by atoms with Crippen LogP contribution in [0.1, 0.15) is 47.0 Å². The van der Waals surface area contributed by atoms with E-state index < -0.39 is 17.5 Å². The highest BCUT2D eigenvalue weighted by molar-refractivity contribution is 5.98. The van der Waals surface area contributed by atoms with E-state index in [1.54, 1.807) is 0 Å². The van der Waals surface area contributed by atoms with Gasteiger partial charge in [0.25, 0.3) is 5.56 Å². The number of rotatable bonds is 7. The van der Waals surface area contributed by atoms with Crippen LogP contribution in [0, 0.1) is 31.1 Å². The number of H-pyrrole nitrogens is 1. The third-order valence-electron chi connectivity index (χ3n) is 5.32. The highest BCUT2D eigenvalue weighted by Gasteiger charge is 2.16. The molecule has 1 N–H and O–H groups in total. The molecule has 0 aliphatic carbocycles. The number of aromatic nitrogens is 3. The monoisotopic (exact) mass is 462 g/mol. The van der Waals surface area contributed by atoms with Gasteiger partial charge in [0.1, 0.15) is 24.1 Å². The number of benzene rings is 1. The summed E-state index contributed by atoms with van der Waals surface area (Å²) in [6.07, 6.45) is 1.50. The number of carbonyl (C=O) groups excluding carboxylic acids is 2. The highest BCUT2D eigenvalue weighted by atomic mass is 16.5. The van der Waals surface area contributed by atoms with E-state index in [0.717, 1.165) is 23.5 Å². The molecule has 9 heteroatoms. The van der Waals surface area contributed by atoms with Crippen molar-refractivity contribution < 1.29 is 19.1 Å². The zero-order valence-electron chi connectivity index (χ0n) is 19.8. The number of nitrogens with one attached hydrogen (secondary N) is 1. The van der Waals surface area contributed by atoms with Crippen molar-refractivity contribution in [2.75, 3.05) is 7.11 Å². The summed E-state index contributed by atoms with van der Waals surface area (Å²) >= 11 is 0. The van der Waals surface area contributed by atoms with Crippen LogP contribution in [0.25, 0.3) is 17.0 Å².